The third kappa shape index (κ3) is 1.81. The second-order valence-electron chi connectivity index (χ2n) is 11.5. The molecular formula is C23H34O6. The molecule has 11 atom stereocenters. The summed E-state index contributed by atoms with van der Waals surface area (Å²) in [6, 6.07) is 0. The van der Waals surface area contributed by atoms with Crippen molar-refractivity contribution < 1.29 is 29.2 Å². The average molecular weight is 407 g/mol. The van der Waals surface area contributed by atoms with Gasteiger partial charge in [0.1, 0.15) is 23.4 Å². The molecular weight excluding hydrogens is 372 g/mol. The Morgan fingerprint density at radius 1 is 1.10 bits per heavy atom. The maximum Gasteiger partial charge on any atom is 0.303 e. The molecule has 0 aromatic heterocycles. The van der Waals surface area contributed by atoms with Crippen molar-refractivity contribution in [3.63, 3.8) is 0 Å². The number of carbonyl (C=O) groups excluding carboxylic acids is 1. The smallest absolute Gasteiger partial charge is 0.303 e. The van der Waals surface area contributed by atoms with Crippen LogP contribution < -0.4 is 0 Å². The van der Waals surface area contributed by atoms with Gasteiger partial charge in [-0.1, -0.05) is 13.8 Å². The summed E-state index contributed by atoms with van der Waals surface area (Å²) >= 11 is 0. The van der Waals surface area contributed by atoms with E-state index in [1.807, 2.05) is 6.92 Å². The standard InChI is InChI=1S/C23H34O6/c1-12(24)27-18-16-17-19(2)8-6-14(25)11-13(19)5-9-22(17)23(26)10-7-15(20(18,23)3)21(4,28-16)29-22/h13-18,25-26H,5-11H2,1-4H3/t13-,14-,15-,16-,17+,18+,19-,20-,21+,22+,23+/m0/s1. The highest BCUT2D eigenvalue weighted by Crippen LogP contribution is 2.79. The lowest BCUT2D eigenvalue weighted by Gasteiger charge is -2.79. The highest BCUT2D eigenvalue weighted by atomic mass is 16.7. The van der Waals surface area contributed by atoms with Crippen molar-refractivity contribution >= 4 is 5.97 Å². The van der Waals surface area contributed by atoms with Crippen LogP contribution in [0.2, 0.25) is 0 Å². The molecule has 2 N–H and O–H groups in total. The van der Waals surface area contributed by atoms with E-state index in [9.17, 15) is 15.0 Å². The number of aliphatic hydroxyl groups excluding tert-OH is 1. The van der Waals surface area contributed by atoms with Gasteiger partial charge in [-0.3, -0.25) is 4.79 Å². The van der Waals surface area contributed by atoms with Crippen LogP contribution >= 0.6 is 0 Å². The van der Waals surface area contributed by atoms with Crippen molar-refractivity contribution in [3.8, 4) is 0 Å². The van der Waals surface area contributed by atoms with E-state index in [0.717, 1.165) is 38.5 Å². The van der Waals surface area contributed by atoms with E-state index >= 15 is 0 Å². The Labute approximate surface area is 172 Å². The molecule has 7 aliphatic rings. The van der Waals surface area contributed by atoms with E-state index in [4.69, 9.17) is 14.2 Å². The molecule has 6 nitrogen and oxygen atoms in total. The molecule has 0 amide bonds. The first-order valence-electron chi connectivity index (χ1n) is 11.5. The maximum atomic E-state index is 12.4. The van der Waals surface area contributed by atoms with Crippen molar-refractivity contribution in [1.82, 2.24) is 0 Å². The quantitative estimate of drug-likeness (QED) is 0.514. The van der Waals surface area contributed by atoms with E-state index in [2.05, 4.69) is 13.8 Å². The fourth-order valence-electron chi connectivity index (χ4n) is 9.58. The minimum Gasteiger partial charge on any atom is -0.459 e. The minimum atomic E-state index is -1.03. The lowest BCUT2D eigenvalue weighted by Crippen LogP contribution is -2.90. The number of fused-ring (bicyclic) bond motifs is 1. The van der Waals surface area contributed by atoms with Crippen molar-refractivity contribution in [3.05, 3.63) is 0 Å². The highest BCUT2D eigenvalue weighted by molar-refractivity contribution is 5.66. The average Bonchev–Trinajstić information content (AvgIpc) is 2.89. The fraction of sp³-hybridized carbons (Fsp3) is 0.957. The summed E-state index contributed by atoms with van der Waals surface area (Å²) in [5.74, 6) is -0.730. The van der Waals surface area contributed by atoms with E-state index < -0.39 is 28.5 Å². The van der Waals surface area contributed by atoms with Gasteiger partial charge in [0.05, 0.1) is 6.10 Å². The molecule has 0 aromatic rings. The summed E-state index contributed by atoms with van der Waals surface area (Å²) in [6.45, 7) is 7.91. The molecule has 3 heterocycles. The largest absolute Gasteiger partial charge is 0.459 e. The van der Waals surface area contributed by atoms with E-state index in [1.165, 1.54) is 6.92 Å². The molecule has 3 aliphatic heterocycles. The number of carbonyl (C=O) groups is 1. The van der Waals surface area contributed by atoms with Crippen molar-refractivity contribution in [2.45, 2.75) is 108 Å². The number of rotatable bonds is 1. The third-order valence-electron chi connectivity index (χ3n) is 10.6. The molecule has 29 heavy (non-hydrogen) atoms. The zero-order valence-corrected chi connectivity index (χ0v) is 17.9. The number of esters is 1. The van der Waals surface area contributed by atoms with Crippen molar-refractivity contribution in [2.24, 2.45) is 28.6 Å². The number of aliphatic hydroxyl groups is 2. The maximum absolute atomic E-state index is 12.4. The zero-order chi connectivity index (χ0) is 20.6. The molecule has 7 fully saturated rings. The highest BCUT2D eigenvalue weighted by Gasteiger charge is 2.89. The lowest BCUT2D eigenvalue weighted by molar-refractivity contribution is -0.521. The van der Waals surface area contributed by atoms with Gasteiger partial charge in [0.2, 0.25) is 0 Å². The second kappa shape index (κ2) is 5.20. The number of hydrogen-bond donors (Lipinski definition) is 2. The van der Waals surface area contributed by atoms with Crippen molar-refractivity contribution in [1.29, 1.82) is 0 Å². The predicted molar refractivity (Wildman–Crippen MR) is 103 cm³/mol. The van der Waals surface area contributed by atoms with Gasteiger partial charge in [0.15, 0.2) is 5.79 Å². The first-order chi connectivity index (χ1) is 13.5. The van der Waals surface area contributed by atoms with Gasteiger partial charge < -0.3 is 24.4 Å². The summed E-state index contributed by atoms with van der Waals surface area (Å²) < 4.78 is 19.6. The Morgan fingerprint density at radius 2 is 1.86 bits per heavy atom. The lowest BCUT2D eigenvalue weighted by atomic mass is 9.37. The molecule has 162 valence electrons. The SMILES string of the molecule is CC(=O)O[C@@H]1[C@H]2O[C@]3(C)O[C@@]4(CC[C@H]5C[C@@H](O)CC[C@]5(C)[C@@H]24)[C@@]2(O)CC[C@H]3[C@@]12C. The fourth-order valence-corrected chi connectivity index (χ4v) is 9.58. The second-order valence-corrected chi connectivity index (χ2v) is 11.5. The summed E-state index contributed by atoms with van der Waals surface area (Å²) in [4.78, 5) is 12.1. The van der Waals surface area contributed by atoms with Crippen LogP contribution in [0, 0.1) is 28.6 Å². The third-order valence-corrected chi connectivity index (χ3v) is 10.6. The van der Waals surface area contributed by atoms with Crippen LogP contribution in [0.3, 0.4) is 0 Å². The van der Waals surface area contributed by atoms with Gasteiger partial charge >= 0.3 is 5.97 Å². The van der Waals surface area contributed by atoms with E-state index in [-0.39, 0.29) is 35.4 Å². The summed E-state index contributed by atoms with van der Waals surface area (Å²) in [6.07, 6.45) is 4.67. The van der Waals surface area contributed by atoms with Gasteiger partial charge in [0, 0.05) is 24.2 Å². The Kier molecular flexibility index (Phi) is 3.41. The van der Waals surface area contributed by atoms with Crippen LogP contribution in [0.5, 0.6) is 0 Å². The topological polar surface area (TPSA) is 85.2 Å². The van der Waals surface area contributed by atoms with Crippen LogP contribution in [-0.2, 0) is 19.0 Å². The van der Waals surface area contributed by atoms with Gasteiger partial charge in [-0.05, 0) is 63.2 Å². The summed E-state index contributed by atoms with van der Waals surface area (Å²) in [5.41, 5.74) is -2.38. The monoisotopic (exact) mass is 406 g/mol. The normalized spacial score (nSPS) is 64.5. The Hall–Kier alpha value is -0.690. The molecule has 0 unspecified atom stereocenters. The zero-order valence-electron chi connectivity index (χ0n) is 17.9. The first-order valence-corrected chi connectivity index (χ1v) is 11.5. The van der Waals surface area contributed by atoms with Crippen LogP contribution in [0.25, 0.3) is 0 Å². The molecule has 0 aromatic carbocycles. The molecule has 6 heteroatoms. The minimum absolute atomic E-state index is 0.00545. The molecule has 0 radical (unpaired) electrons. The van der Waals surface area contributed by atoms with Crippen LogP contribution in [0.4, 0.5) is 0 Å². The number of hydrogen-bond acceptors (Lipinski definition) is 6. The van der Waals surface area contributed by atoms with Crippen LogP contribution in [0.1, 0.15) is 72.6 Å². The van der Waals surface area contributed by atoms with E-state index in [0.29, 0.717) is 12.3 Å². The van der Waals surface area contributed by atoms with E-state index in [1.54, 1.807) is 0 Å². The molecule has 6 bridgehead atoms. The Balaban J connectivity index is 1.57. The van der Waals surface area contributed by atoms with Crippen molar-refractivity contribution in [2.75, 3.05) is 0 Å². The van der Waals surface area contributed by atoms with Gasteiger partial charge in [-0.15, -0.1) is 0 Å². The Bertz CT molecular complexity index is 785. The molecule has 4 saturated carbocycles. The summed E-state index contributed by atoms with van der Waals surface area (Å²) in [7, 11) is 0. The number of ether oxygens (including phenoxy) is 3. The first kappa shape index (κ1) is 19.0. The molecule has 3 saturated heterocycles. The molecule has 7 rings (SSSR count). The molecule has 4 aliphatic carbocycles. The van der Waals surface area contributed by atoms with Gasteiger partial charge in [-0.2, -0.15) is 0 Å². The Morgan fingerprint density at radius 3 is 2.59 bits per heavy atom. The van der Waals surface area contributed by atoms with Gasteiger partial charge in [0.25, 0.3) is 0 Å². The van der Waals surface area contributed by atoms with Crippen LogP contribution in [-0.4, -0.2) is 51.5 Å². The predicted octanol–water partition coefficient (Wildman–Crippen LogP) is 2.54. The molecule has 1 spiro atoms. The summed E-state index contributed by atoms with van der Waals surface area (Å²) in [5, 5.41) is 22.8. The van der Waals surface area contributed by atoms with Gasteiger partial charge in [-0.25, -0.2) is 0 Å². The van der Waals surface area contributed by atoms with Crippen LogP contribution in [0.15, 0.2) is 0 Å².